The number of benzene rings is 3. The van der Waals surface area contributed by atoms with Crippen molar-refractivity contribution in [3.63, 3.8) is 0 Å². The smallest absolute Gasteiger partial charge is 0.321 e. The fourth-order valence-electron chi connectivity index (χ4n) is 3.33. The lowest BCUT2D eigenvalue weighted by atomic mass is 10.2. The number of carbonyl (C=O) groups is 3. The minimum atomic E-state index is -0.931. The van der Waals surface area contributed by atoms with E-state index in [1.807, 2.05) is 13.0 Å². The monoisotopic (exact) mass is 602 g/mol. The molecule has 0 aliphatic rings. The van der Waals surface area contributed by atoms with Crippen molar-refractivity contribution in [2.24, 2.45) is 0 Å². The molecule has 0 spiro atoms. The van der Waals surface area contributed by atoms with E-state index in [0.29, 0.717) is 27.3 Å². The number of amides is 3. The number of anilines is 2. The maximum absolute atomic E-state index is 13.1. The molecular formula is C24H17Br2ClN4O3. The largest absolute Gasteiger partial charge is 0.328 e. The molecule has 0 saturated carbocycles. The highest BCUT2D eigenvalue weighted by Gasteiger charge is 2.21. The van der Waals surface area contributed by atoms with E-state index in [9.17, 15) is 14.4 Å². The van der Waals surface area contributed by atoms with Gasteiger partial charge in [0, 0.05) is 30.7 Å². The van der Waals surface area contributed by atoms with Crippen molar-refractivity contribution in [2.45, 2.75) is 6.92 Å². The Balaban J connectivity index is 1.63. The maximum atomic E-state index is 13.1. The van der Waals surface area contributed by atoms with Gasteiger partial charge in [-0.25, -0.2) is 4.68 Å². The average molecular weight is 605 g/mol. The molecule has 0 atom stereocenters. The van der Waals surface area contributed by atoms with Crippen LogP contribution in [-0.2, 0) is 9.59 Å². The van der Waals surface area contributed by atoms with Gasteiger partial charge in [0.05, 0.1) is 5.52 Å². The number of rotatable bonds is 4. The summed E-state index contributed by atoms with van der Waals surface area (Å²) < 4.78 is 2.94. The molecule has 1 heterocycles. The second kappa shape index (κ2) is 10.0. The molecule has 0 bridgehead atoms. The lowest BCUT2D eigenvalue weighted by Gasteiger charge is -2.13. The van der Waals surface area contributed by atoms with E-state index in [0.717, 1.165) is 14.5 Å². The third-order valence-electron chi connectivity index (χ3n) is 4.93. The minimum absolute atomic E-state index is 0.133. The van der Waals surface area contributed by atoms with Gasteiger partial charge in [0.2, 0.25) is 0 Å². The molecule has 4 rings (SSSR count). The molecule has 3 amide bonds. The molecular weight excluding hydrogens is 588 g/mol. The lowest BCUT2D eigenvalue weighted by Crippen LogP contribution is -2.36. The first-order valence-corrected chi connectivity index (χ1v) is 11.9. The number of hydrogen-bond donors (Lipinski definition) is 3. The van der Waals surface area contributed by atoms with E-state index < -0.39 is 17.7 Å². The first-order chi connectivity index (χ1) is 16.2. The predicted molar refractivity (Wildman–Crippen MR) is 141 cm³/mol. The molecule has 0 radical (unpaired) electrons. The molecule has 34 heavy (non-hydrogen) atoms. The Bertz CT molecular complexity index is 1450. The summed E-state index contributed by atoms with van der Waals surface area (Å²) in [6.45, 7) is 1.81. The standard InChI is InChI=1S/C24H17Br2ClN4O3/c1-13-9-15(25)5-7-19(13)29-23(33)24(34)30-31-20-8-6-16(26)10-14(20)11-21(31)22(32)28-18-4-2-3-17(27)12-18/h2-12H,1H3,(H,28,32)(H,29,33)(H,30,34). The van der Waals surface area contributed by atoms with Crippen molar-refractivity contribution < 1.29 is 14.4 Å². The van der Waals surface area contributed by atoms with E-state index in [-0.39, 0.29) is 5.69 Å². The van der Waals surface area contributed by atoms with Crippen molar-refractivity contribution >= 4 is 83.5 Å². The fraction of sp³-hybridized carbons (Fsp3) is 0.0417. The molecule has 172 valence electrons. The van der Waals surface area contributed by atoms with Crippen LogP contribution in [0.5, 0.6) is 0 Å². The molecule has 0 saturated heterocycles. The third kappa shape index (κ3) is 5.32. The van der Waals surface area contributed by atoms with Crippen LogP contribution in [-0.4, -0.2) is 22.4 Å². The van der Waals surface area contributed by atoms with Crippen LogP contribution in [0.1, 0.15) is 16.1 Å². The van der Waals surface area contributed by atoms with Gasteiger partial charge in [-0.2, -0.15) is 0 Å². The Morgan fingerprint density at radius 1 is 0.853 bits per heavy atom. The summed E-state index contributed by atoms with van der Waals surface area (Å²) >= 11 is 12.8. The molecule has 0 aliphatic heterocycles. The number of fused-ring (bicyclic) bond motifs is 1. The topological polar surface area (TPSA) is 92.2 Å². The highest BCUT2D eigenvalue weighted by atomic mass is 79.9. The van der Waals surface area contributed by atoms with Crippen LogP contribution in [0.3, 0.4) is 0 Å². The van der Waals surface area contributed by atoms with Gasteiger partial charge >= 0.3 is 11.8 Å². The highest BCUT2D eigenvalue weighted by molar-refractivity contribution is 9.10. The zero-order chi connectivity index (χ0) is 24.4. The summed E-state index contributed by atoms with van der Waals surface area (Å²) in [7, 11) is 0. The number of aryl methyl sites for hydroxylation is 1. The Morgan fingerprint density at radius 3 is 2.32 bits per heavy atom. The highest BCUT2D eigenvalue weighted by Crippen LogP contribution is 2.25. The Labute approximate surface area is 216 Å². The molecule has 4 aromatic rings. The van der Waals surface area contributed by atoms with Crippen molar-refractivity contribution in [3.8, 4) is 0 Å². The van der Waals surface area contributed by atoms with Crippen LogP contribution in [0.4, 0.5) is 11.4 Å². The first-order valence-electron chi connectivity index (χ1n) is 9.97. The summed E-state index contributed by atoms with van der Waals surface area (Å²) in [4.78, 5) is 38.5. The van der Waals surface area contributed by atoms with E-state index in [1.165, 1.54) is 4.68 Å². The van der Waals surface area contributed by atoms with Crippen LogP contribution in [0.15, 0.2) is 75.7 Å². The summed E-state index contributed by atoms with van der Waals surface area (Å²) in [6, 6.07) is 18.9. The molecule has 1 aromatic heterocycles. The first kappa shape index (κ1) is 24.0. The van der Waals surface area contributed by atoms with Crippen LogP contribution in [0.2, 0.25) is 5.02 Å². The van der Waals surface area contributed by atoms with Gasteiger partial charge in [0.25, 0.3) is 5.91 Å². The molecule has 3 aromatic carbocycles. The molecule has 0 fully saturated rings. The van der Waals surface area contributed by atoms with E-state index in [1.54, 1.807) is 60.7 Å². The summed E-state index contributed by atoms with van der Waals surface area (Å²) in [5, 5.41) is 6.51. The molecule has 0 unspecified atom stereocenters. The van der Waals surface area contributed by atoms with Crippen molar-refractivity contribution in [1.29, 1.82) is 0 Å². The zero-order valence-corrected chi connectivity index (χ0v) is 21.6. The minimum Gasteiger partial charge on any atom is -0.321 e. The Kier molecular flexibility index (Phi) is 7.06. The van der Waals surface area contributed by atoms with Gasteiger partial charge in [0.15, 0.2) is 0 Å². The number of nitrogens with zero attached hydrogens (tertiary/aromatic N) is 1. The quantitative estimate of drug-likeness (QED) is 0.246. The van der Waals surface area contributed by atoms with E-state index in [4.69, 9.17) is 11.6 Å². The summed E-state index contributed by atoms with van der Waals surface area (Å²) in [5.74, 6) is -2.29. The van der Waals surface area contributed by atoms with Crippen molar-refractivity contribution in [1.82, 2.24) is 4.68 Å². The van der Waals surface area contributed by atoms with Gasteiger partial charge in [0.1, 0.15) is 5.69 Å². The molecule has 7 nitrogen and oxygen atoms in total. The SMILES string of the molecule is Cc1cc(Br)ccc1NC(=O)C(=O)Nn1c(C(=O)Nc2cccc(Cl)c2)cc2cc(Br)ccc21. The molecule has 3 N–H and O–H groups in total. The fourth-order valence-corrected chi connectivity index (χ4v) is 4.38. The second-order valence-electron chi connectivity index (χ2n) is 7.39. The van der Waals surface area contributed by atoms with E-state index in [2.05, 4.69) is 47.9 Å². The number of hydrogen-bond acceptors (Lipinski definition) is 3. The van der Waals surface area contributed by atoms with Crippen LogP contribution < -0.4 is 16.1 Å². The third-order valence-corrected chi connectivity index (χ3v) is 6.16. The number of aromatic nitrogens is 1. The normalized spacial score (nSPS) is 10.7. The lowest BCUT2D eigenvalue weighted by molar-refractivity contribution is -0.133. The van der Waals surface area contributed by atoms with Crippen molar-refractivity contribution in [3.05, 3.63) is 92.0 Å². The van der Waals surface area contributed by atoms with Gasteiger partial charge < -0.3 is 10.6 Å². The van der Waals surface area contributed by atoms with Crippen LogP contribution in [0, 0.1) is 6.92 Å². The predicted octanol–water partition coefficient (Wildman–Crippen LogP) is 6.09. The van der Waals surface area contributed by atoms with Gasteiger partial charge in [-0.05, 0) is 73.2 Å². The van der Waals surface area contributed by atoms with Gasteiger partial charge in [-0.1, -0.05) is 49.5 Å². The maximum Gasteiger partial charge on any atom is 0.328 e. The Morgan fingerprint density at radius 2 is 1.59 bits per heavy atom. The van der Waals surface area contributed by atoms with Crippen LogP contribution >= 0.6 is 43.5 Å². The molecule has 10 heteroatoms. The van der Waals surface area contributed by atoms with E-state index >= 15 is 0 Å². The Hall–Kier alpha value is -3.14. The summed E-state index contributed by atoms with van der Waals surface area (Å²) in [5.41, 5.74) is 4.99. The molecule has 0 aliphatic carbocycles. The van der Waals surface area contributed by atoms with Gasteiger partial charge in [-0.15, -0.1) is 0 Å². The number of carbonyl (C=O) groups excluding carboxylic acids is 3. The van der Waals surface area contributed by atoms with Gasteiger partial charge in [-0.3, -0.25) is 19.8 Å². The van der Waals surface area contributed by atoms with Crippen molar-refractivity contribution in [2.75, 3.05) is 16.1 Å². The van der Waals surface area contributed by atoms with Crippen LogP contribution in [0.25, 0.3) is 10.9 Å². The average Bonchev–Trinajstić information content (AvgIpc) is 3.13. The summed E-state index contributed by atoms with van der Waals surface area (Å²) in [6.07, 6.45) is 0. The zero-order valence-electron chi connectivity index (χ0n) is 17.7. The second-order valence-corrected chi connectivity index (χ2v) is 9.65. The number of nitrogens with one attached hydrogen (secondary N) is 3. The number of halogens is 3.